The number of nitrogens with one attached hydrogen (secondary N) is 1. The van der Waals surface area contributed by atoms with E-state index in [-0.39, 0.29) is 0 Å². The summed E-state index contributed by atoms with van der Waals surface area (Å²) in [6.07, 6.45) is -0.505. The summed E-state index contributed by atoms with van der Waals surface area (Å²) in [5.41, 5.74) is 1.22. The monoisotopic (exact) mass is 348 g/mol. The molecule has 0 bridgehead atoms. The summed E-state index contributed by atoms with van der Waals surface area (Å²) < 4.78 is 10.1. The van der Waals surface area contributed by atoms with Crippen molar-refractivity contribution in [2.45, 2.75) is 33.3 Å². The first-order valence-electron chi connectivity index (χ1n) is 7.51. The van der Waals surface area contributed by atoms with Crippen LogP contribution in [0.5, 0.6) is 0 Å². The van der Waals surface area contributed by atoms with Crippen LogP contribution in [-0.4, -0.2) is 29.3 Å². The number of rotatable bonds is 4. The largest absolute Gasteiger partial charge is 0.461 e. The Bertz CT molecular complexity index is 717. The van der Waals surface area contributed by atoms with Crippen molar-refractivity contribution in [1.82, 2.24) is 4.98 Å². The Kier molecular flexibility index (Phi) is 5.56. The van der Waals surface area contributed by atoms with Crippen LogP contribution < -0.4 is 5.32 Å². The first-order chi connectivity index (χ1) is 11.3. The van der Waals surface area contributed by atoms with Crippen molar-refractivity contribution in [2.75, 3.05) is 11.9 Å². The highest BCUT2D eigenvalue weighted by molar-refractivity contribution is 7.13. The molecule has 2 rings (SSSR count). The van der Waals surface area contributed by atoms with E-state index in [9.17, 15) is 9.59 Å². The SMILES string of the molecule is CCOC(=O)c1csc(-c2ccc(NC(=O)OC(C)(C)C)cc2)n1. The average molecular weight is 348 g/mol. The number of hydrogen-bond donors (Lipinski definition) is 1. The number of amides is 1. The molecule has 2 aromatic rings. The maximum Gasteiger partial charge on any atom is 0.412 e. The molecule has 7 heteroatoms. The van der Waals surface area contributed by atoms with Gasteiger partial charge in [-0.15, -0.1) is 11.3 Å². The van der Waals surface area contributed by atoms with E-state index in [1.54, 1.807) is 45.2 Å². The fourth-order valence-electron chi connectivity index (χ4n) is 1.82. The van der Waals surface area contributed by atoms with Crippen molar-refractivity contribution in [3.8, 4) is 10.6 Å². The Morgan fingerprint density at radius 1 is 1.21 bits per heavy atom. The van der Waals surface area contributed by atoms with E-state index in [1.807, 2.05) is 12.1 Å². The van der Waals surface area contributed by atoms with Gasteiger partial charge in [-0.2, -0.15) is 0 Å². The minimum absolute atomic E-state index is 0.299. The molecule has 0 radical (unpaired) electrons. The van der Waals surface area contributed by atoms with Gasteiger partial charge in [-0.1, -0.05) is 0 Å². The summed E-state index contributed by atoms with van der Waals surface area (Å²) >= 11 is 1.36. The fourth-order valence-corrected chi connectivity index (χ4v) is 2.62. The minimum atomic E-state index is -0.547. The molecular weight excluding hydrogens is 328 g/mol. The van der Waals surface area contributed by atoms with Gasteiger partial charge in [0.2, 0.25) is 0 Å². The standard InChI is InChI=1S/C17H20N2O4S/c1-5-22-15(20)13-10-24-14(19-13)11-6-8-12(9-7-11)18-16(21)23-17(2,3)4/h6-10H,5H2,1-4H3,(H,18,21). The van der Waals surface area contributed by atoms with Crippen LogP contribution in [0.25, 0.3) is 10.6 Å². The predicted octanol–water partition coefficient (Wildman–Crippen LogP) is 4.33. The Labute approximate surface area is 144 Å². The first kappa shape index (κ1) is 17.9. The summed E-state index contributed by atoms with van der Waals surface area (Å²) in [5, 5.41) is 5.04. The van der Waals surface area contributed by atoms with Crippen molar-refractivity contribution >= 4 is 29.1 Å². The second-order valence-corrected chi connectivity index (χ2v) is 6.82. The second-order valence-electron chi connectivity index (χ2n) is 5.96. The van der Waals surface area contributed by atoms with Crippen LogP contribution in [-0.2, 0) is 9.47 Å². The molecule has 0 spiro atoms. The number of aromatic nitrogens is 1. The number of ether oxygens (including phenoxy) is 2. The molecule has 0 aliphatic carbocycles. The number of carbonyl (C=O) groups excluding carboxylic acids is 2. The number of thiazole rings is 1. The molecule has 128 valence electrons. The van der Waals surface area contributed by atoms with E-state index >= 15 is 0 Å². The maximum atomic E-state index is 11.7. The maximum absolute atomic E-state index is 11.7. The zero-order valence-electron chi connectivity index (χ0n) is 14.1. The van der Waals surface area contributed by atoms with Crippen LogP contribution >= 0.6 is 11.3 Å². The van der Waals surface area contributed by atoms with Gasteiger partial charge in [0.1, 0.15) is 10.6 Å². The molecule has 0 aliphatic rings. The molecule has 0 saturated carbocycles. The highest BCUT2D eigenvalue weighted by atomic mass is 32.1. The molecule has 0 unspecified atom stereocenters. The van der Waals surface area contributed by atoms with Crippen molar-refractivity contribution in [1.29, 1.82) is 0 Å². The lowest BCUT2D eigenvalue weighted by Crippen LogP contribution is -2.27. The van der Waals surface area contributed by atoms with Crippen molar-refractivity contribution < 1.29 is 19.1 Å². The van der Waals surface area contributed by atoms with Gasteiger partial charge < -0.3 is 9.47 Å². The third kappa shape index (κ3) is 5.06. The molecule has 0 atom stereocenters. The van der Waals surface area contributed by atoms with Gasteiger partial charge in [-0.05, 0) is 52.0 Å². The van der Waals surface area contributed by atoms with Gasteiger partial charge in [0, 0.05) is 16.6 Å². The lowest BCUT2D eigenvalue weighted by molar-refractivity contribution is 0.0519. The van der Waals surface area contributed by atoms with Crippen LogP contribution in [0.2, 0.25) is 0 Å². The second kappa shape index (κ2) is 7.44. The van der Waals surface area contributed by atoms with Gasteiger partial charge in [-0.3, -0.25) is 5.32 Å². The number of anilines is 1. The number of esters is 1. The smallest absolute Gasteiger partial charge is 0.412 e. The summed E-state index contributed by atoms with van der Waals surface area (Å²) in [6, 6.07) is 7.15. The molecule has 1 N–H and O–H groups in total. The minimum Gasteiger partial charge on any atom is -0.461 e. The van der Waals surface area contributed by atoms with E-state index < -0.39 is 17.7 Å². The number of benzene rings is 1. The molecule has 0 fully saturated rings. The third-order valence-corrected chi connectivity index (χ3v) is 3.66. The Morgan fingerprint density at radius 2 is 1.88 bits per heavy atom. The van der Waals surface area contributed by atoms with Gasteiger partial charge in [0.15, 0.2) is 5.69 Å². The van der Waals surface area contributed by atoms with Gasteiger partial charge in [0.25, 0.3) is 0 Å². The van der Waals surface area contributed by atoms with Gasteiger partial charge >= 0.3 is 12.1 Å². The van der Waals surface area contributed by atoms with Crippen molar-refractivity contribution in [2.24, 2.45) is 0 Å². The molecule has 1 heterocycles. The lowest BCUT2D eigenvalue weighted by atomic mass is 10.2. The summed E-state index contributed by atoms with van der Waals surface area (Å²) in [4.78, 5) is 27.6. The Balaban J connectivity index is 2.04. The molecule has 24 heavy (non-hydrogen) atoms. The highest BCUT2D eigenvalue weighted by Crippen LogP contribution is 2.25. The van der Waals surface area contributed by atoms with Crippen LogP contribution in [0.1, 0.15) is 38.2 Å². The first-order valence-corrected chi connectivity index (χ1v) is 8.39. The van der Waals surface area contributed by atoms with E-state index in [1.165, 1.54) is 11.3 Å². The van der Waals surface area contributed by atoms with Gasteiger partial charge in [0.05, 0.1) is 6.61 Å². The van der Waals surface area contributed by atoms with Crippen LogP contribution in [0.4, 0.5) is 10.5 Å². The Hall–Kier alpha value is -2.41. The molecule has 1 aromatic heterocycles. The molecule has 0 saturated heterocycles. The van der Waals surface area contributed by atoms with E-state index in [4.69, 9.17) is 9.47 Å². The van der Waals surface area contributed by atoms with Crippen molar-refractivity contribution in [3.63, 3.8) is 0 Å². The molecule has 1 amide bonds. The number of hydrogen-bond acceptors (Lipinski definition) is 6. The van der Waals surface area contributed by atoms with Crippen molar-refractivity contribution in [3.05, 3.63) is 35.3 Å². The highest BCUT2D eigenvalue weighted by Gasteiger charge is 2.16. The third-order valence-electron chi connectivity index (χ3n) is 2.77. The van der Waals surface area contributed by atoms with E-state index in [0.717, 1.165) is 5.56 Å². The Morgan fingerprint density at radius 3 is 2.46 bits per heavy atom. The zero-order chi connectivity index (χ0) is 17.7. The van der Waals surface area contributed by atoms with E-state index in [2.05, 4.69) is 10.3 Å². The zero-order valence-corrected chi connectivity index (χ0v) is 14.9. The number of nitrogens with zero attached hydrogens (tertiary/aromatic N) is 1. The molecule has 6 nitrogen and oxygen atoms in total. The summed E-state index contributed by atoms with van der Waals surface area (Å²) in [6.45, 7) is 7.48. The van der Waals surface area contributed by atoms with Crippen LogP contribution in [0.3, 0.4) is 0 Å². The van der Waals surface area contributed by atoms with Crippen LogP contribution in [0, 0.1) is 0 Å². The van der Waals surface area contributed by atoms with E-state index in [0.29, 0.717) is 23.0 Å². The topological polar surface area (TPSA) is 77.5 Å². The molecular formula is C17H20N2O4S. The molecule has 1 aromatic carbocycles. The van der Waals surface area contributed by atoms with Crippen LogP contribution in [0.15, 0.2) is 29.6 Å². The predicted molar refractivity (Wildman–Crippen MR) is 93.4 cm³/mol. The lowest BCUT2D eigenvalue weighted by Gasteiger charge is -2.19. The summed E-state index contributed by atoms with van der Waals surface area (Å²) in [5.74, 6) is -0.428. The number of carbonyl (C=O) groups is 2. The molecule has 0 aliphatic heterocycles. The fraction of sp³-hybridized carbons (Fsp3) is 0.353. The van der Waals surface area contributed by atoms with Gasteiger partial charge in [-0.25, -0.2) is 14.6 Å². The normalized spacial score (nSPS) is 11.0. The average Bonchev–Trinajstić information content (AvgIpc) is 2.96. The quantitative estimate of drug-likeness (QED) is 0.832. The summed E-state index contributed by atoms with van der Waals surface area (Å²) in [7, 11) is 0.